The lowest BCUT2D eigenvalue weighted by atomic mass is 10.1. The molecule has 0 saturated carbocycles. The number of pyridine rings is 1. The molecular formula is C29H35N3O6. The molecular weight excluding hydrogens is 486 g/mol. The van der Waals surface area contributed by atoms with Crippen molar-refractivity contribution in [3.05, 3.63) is 53.6 Å². The van der Waals surface area contributed by atoms with Crippen LogP contribution in [0.2, 0.25) is 0 Å². The quantitative estimate of drug-likeness (QED) is 0.419. The fourth-order valence-electron chi connectivity index (χ4n) is 5.05. The SMILES string of the molecule is COc1cc(OC)cc(C(=O)N(Cc2cc3ccc(OC)cc3nc2N2CCOCC2)C[C@@H]2CCCO2)c1. The second kappa shape index (κ2) is 11.9. The van der Waals surface area contributed by atoms with Gasteiger partial charge in [0.1, 0.15) is 23.1 Å². The maximum atomic E-state index is 14.0. The van der Waals surface area contributed by atoms with Crippen LogP contribution in [0.4, 0.5) is 5.82 Å². The summed E-state index contributed by atoms with van der Waals surface area (Å²) in [6.45, 7) is 4.35. The van der Waals surface area contributed by atoms with E-state index in [4.69, 9.17) is 28.7 Å². The van der Waals surface area contributed by atoms with Crippen molar-refractivity contribution >= 4 is 22.6 Å². The summed E-state index contributed by atoms with van der Waals surface area (Å²) in [4.78, 5) is 23.2. The Bertz CT molecular complexity index is 1250. The number of aromatic nitrogens is 1. The number of nitrogens with zero attached hydrogens (tertiary/aromatic N) is 3. The number of hydrogen-bond acceptors (Lipinski definition) is 8. The highest BCUT2D eigenvalue weighted by Gasteiger charge is 2.27. The summed E-state index contributed by atoms with van der Waals surface area (Å²) >= 11 is 0. The molecule has 2 saturated heterocycles. The minimum Gasteiger partial charge on any atom is -0.497 e. The lowest BCUT2D eigenvalue weighted by Crippen LogP contribution is -2.40. The van der Waals surface area contributed by atoms with Gasteiger partial charge in [0.15, 0.2) is 0 Å². The van der Waals surface area contributed by atoms with Crippen LogP contribution in [0.5, 0.6) is 17.2 Å². The van der Waals surface area contributed by atoms with Crippen molar-refractivity contribution in [2.75, 3.05) is 65.7 Å². The van der Waals surface area contributed by atoms with Gasteiger partial charge in [0, 0.05) is 61.4 Å². The third-order valence-electron chi connectivity index (χ3n) is 7.09. The minimum atomic E-state index is -0.111. The van der Waals surface area contributed by atoms with Crippen molar-refractivity contribution < 1.29 is 28.5 Å². The number of amides is 1. The van der Waals surface area contributed by atoms with Crippen molar-refractivity contribution in [1.82, 2.24) is 9.88 Å². The number of morpholine rings is 1. The van der Waals surface area contributed by atoms with E-state index in [0.717, 1.165) is 60.6 Å². The van der Waals surface area contributed by atoms with Gasteiger partial charge in [-0.2, -0.15) is 0 Å². The standard InChI is InChI=1S/C29H35N3O6/c1-34-23-7-6-20-13-22(28(30-27(20)17-23)31-8-11-37-12-9-31)18-32(19-24-5-4-10-38-24)29(33)21-14-25(35-2)16-26(15-21)36-3/h6-7,13-17,24H,4-5,8-12,18-19H2,1-3H3/t24-/m0/s1. The topological polar surface area (TPSA) is 82.6 Å². The molecule has 2 aliphatic heterocycles. The molecule has 0 spiro atoms. The van der Waals surface area contributed by atoms with E-state index < -0.39 is 0 Å². The Kier molecular flexibility index (Phi) is 8.14. The predicted molar refractivity (Wildman–Crippen MR) is 145 cm³/mol. The largest absolute Gasteiger partial charge is 0.497 e. The molecule has 0 N–H and O–H groups in total. The molecule has 3 heterocycles. The fourth-order valence-corrected chi connectivity index (χ4v) is 5.05. The van der Waals surface area contributed by atoms with E-state index in [-0.39, 0.29) is 12.0 Å². The van der Waals surface area contributed by atoms with Crippen molar-refractivity contribution in [1.29, 1.82) is 0 Å². The molecule has 3 aromatic rings. The maximum absolute atomic E-state index is 14.0. The summed E-state index contributed by atoms with van der Waals surface area (Å²) in [6.07, 6.45) is 1.92. The highest BCUT2D eigenvalue weighted by atomic mass is 16.5. The third kappa shape index (κ3) is 5.79. The molecule has 1 amide bonds. The van der Waals surface area contributed by atoms with Gasteiger partial charge in [-0.3, -0.25) is 4.79 Å². The molecule has 0 bridgehead atoms. The number of anilines is 1. The van der Waals surface area contributed by atoms with E-state index in [2.05, 4.69) is 11.0 Å². The second-order valence-electron chi connectivity index (χ2n) is 9.55. The number of benzene rings is 2. The zero-order valence-electron chi connectivity index (χ0n) is 22.3. The average Bonchev–Trinajstić information content (AvgIpc) is 3.49. The monoisotopic (exact) mass is 521 g/mol. The Balaban J connectivity index is 1.54. The molecule has 2 aliphatic rings. The van der Waals surface area contributed by atoms with Crippen LogP contribution in [0, 0.1) is 0 Å². The summed E-state index contributed by atoms with van der Waals surface area (Å²) < 4.78 is 27.8. The number of carbonyl (C=O) groups is 1. The normalized spacial score (nSPS) is 17.4. The number of hydrogen-bond donors (Lipinski definition) is 0. The summed E-state index contributed by atoms with van der Waals surface area (Å²) in [5.74, 6) is 2.65. The van der Waals surface area contributed by atoms with E-state index in [9.17, 15) is 4.79 Å². The van der Waals surface area contributed by atoms with Crippen molar-refractivity contribution in [2.45, 2.75) is 25.5 Å². The zero-order chi connectivity index (χ0) is 26.5. The molecule has 5 rings (SSSR count). The molecule has 1 atom stereocenters. The van der Waals surface area contributed by atoms with Gasteiger partial charge in [0.05, 0.1) is 46.2 Å². The Morgan fingerprint density at radius 1 is 0.974 bits per heavy atom. The van der Waals surface area contributed by atoms with Gasteiger partial charge in [-0.15, -0.1) is 0 Å². The molecule has 1 aromatic heterocycles. The van der Waals surface area contributed by atoms with Gasteiger partial charge >= 0.3 is 0 Å². The third-order valence-corrected chi connectivity index (χ3v) is 7.09. The first-order valence-electron chi connectivity index (χ1n) is 13.0. The average molecular weight is 522 g/mol. The summed E-state index contributed by atoms with van der Waals surface area (Å²) in [6, 6.07) is 13.3. The molecule has 0 radical (unpaired) electrons. The highest BCUT2D eigenvalue weighted by Crippen LogP contribution is 2.30. The predicted octanol–water partition coefficient (Wildman–Crippen LogP) is 3.92. The summed E-state index contributed by atoms with van der Waals surface area (Å²) in [5.41, 5.74) is 2.33. The first-order valence-corrected chi connectivity index (χ1v) is 13.0. The van der Waals surface area contributed by atoms with Gasteiger partial charge in [-0.25, -0.2) is 4.98 Å². The first-order chi connectivity index (χ1) is 18.6. The van der Waals surface area contributed by atoms with Crippen LogP contribution in [-0.2, 0) is 16.0 Å². The molecule has 2 fully saturated rings. The Morgan fingerprint density at radius 2 is 1.71 bits per heavy atom. The molecule has 2 aromatic carbocycles. The lowest BCUT2D eigenvalue weighted by molar-refractivity contribution is 0.0506. The number of methoxy groups -OCH3 is 3. The molecule has 202 valence electrons. The maximum Gasteiger partial charge on any atom is 0.254 e. The van der Waals surface area contributed by atoms with Crippen LogP contribution >= 0.6 is 0 Å². The summed E-state index contributed by atoms with van der Waals surface area (Å²) in [7, 11) is 4.82. The fraction of sp³-hybridized carbons (Fsp3) is 0.448. The summed E-state index contributed by atoms with van der Waals surface area (Å²) in [5, 5.41) is 0.991. The Hall–Kier alpha value is -3.56. The smallest absolute Gasteiger partial charge is 0.254 e. The van der Waals surface area contributed by atoms with E-state index in [1.165, 1.54) is 0 Å². The molecule has 9 heteroatoms. The Morgan fingerprint density at radius 3 is 2.37 bits per heavy atom. The lowest BCUT2D eigenvalue weighted by Gasteiger charge is -2.32. The van der Waals surface area contributed by atoms with Gasteiger partial charge in [0.25, 0.3) is 5.91 Å². The van der Waals surface area contributed by atoms with Gasteiger partial charge in [-0.05, 0) is 43.2 Å². The number of carbonyl (C=O) groups excluding carboxylic acids is 1. The number of rotatable bonds is 9. The Labute approximate surface area is 223 Å². The number of fused-ring (bicyclic) bond motifs is 1. The van der Waals surface area contributed by atoms with Gasteiger partial charge in [-0.1, -0.05) is 0 Å². The molecule has 9 nitrogen and oxygen atoms in total. The van der Waals surface area contributed by atoms with Crippen molar-refractivity contribution in [2.24, 2.45) is 0 Å². The van der Waals surface area contributed by atoms with Crippen LogP contribution < -0.4 is 19.1 Å². The van der Waals surface area contributed by atoms with Crippen LogP contribution in [0.25, 0.3) is 10.9 Å². The zero-order valence-corrected chi connectivity index (χ0v) is 22.3. The highest BCUT2D eigenvalue weighted by molar-refractivity contribution is 5.95. The van der Waals surface area contributed by atoms with E-state index in [1.807, 2.05) is 23.1 Å². The van der Waals surface area contributed by atoms with Crippen LogP contribution in [0.1, 0.15) is 28.8 Å². The van der Waals surface area contributed by atoms with Gasteiger partial charge in [0.2, 0.25) is 0 Å². The van der Waals surface area contributed by atoms with Crippen LogP contribution in [0.15, 0.2) is 42.5 Å². The van der Waals surface area contributed by atoms with Crippen molar-refractivity contribution in [3.8, 4) is 17.2 Å². The van der Waals surface area contributed by atoms with Gasteiger partial charge < -0.3 is 33.5 Å². The van der Waals surface area contributed by atoms with Crippen LogP contribution in [-0.4, -0.2) is 82.7 Å². The first kappa shape index (κ1) is 26.1. The second-order valence-corrected chi connectivity index (χ2v) is 9.55. The van der Waals surface area contributed by atoms with E-state index in [1.54, 1.807) is 39.5 Å². The van der Waals surface area contributed by atoms with Crippen molar-refractivity contribution in [3.63, 3.8) is 0 Å². The molecule has 0 unspecified atom stereocenters. The van der Waals surface area contributed by atoms with Crippen LogP contribution in [0.3, 0.4) is 0 Å². The molecule has 38 heavy (non-hydrogen) atoms. The minimum absolute atomic E-state index is 0.00373. The molecule has 0 aliphatic carbocycles. The van der Waals surface area contributed by atoms with E-state index >= 15 is 0 Å². The number of ether oxygens (including phenoxy) is 5. The van der Waals surface area contributed by atoms with E-state index in [0.29, 0.717) is 43.4 Å².